The van der Waals surface area contributed by atoms with Crippen LogP contribution in [0.3, 0.4) is 0 Å². The Morgan fingerprint density at radius 3 is 2.81 bits per heavy atom. The fraction of sp³-hybridized carbons (Fsp3) is 0.250. The number of carboxylic acids is 1. The Balaban J connectivity index is 1.65. The SMILES string of the molecule is Cc1cccn2cc(COc3ccccc3C(=O)NCCCC(=O)O)nc12. The molecule has 0 spiro atoms. The summed E-state index contributed by atoms with van der Waals surface area (Å²) in [4.78, 5) is 27.4. The molecule has 0 bridgehead atoms. The molecule has 0 aliphatic heterocycles. The highest BCUT2D eigenvalue weighted by Gasteiger charge is 2.13. The van der Waals surface area contributed by atoms with Crippen LogP contribution in [0.1, 0.15) is 34.5 Å². The van der Waals surface area contributed by atoms with Crippen LogP contribution in [0.5, 0.6) is 5.75 Å². The van der Waals surface area contributed by atoms with E-state index in [4.69, 9.17) is 9.84 Å². The number of carbonyl (C=O) groups excluding carboxylic acids is 1. The third-order valence-electron chi connectivity index (χ3n) is 4.09. The summed E-state index contributed by atoms with van der Waals surface area (Å²) in [6.45, 7) is 2.53. The van der Waals surface area contributed by atoms with Crippen molar-refractivity contribution in [1.82, 2.24) is 14.7 Å². The first kappa shape index (κ1) is 18.4. The summed E-state index contributed by atoms with van der Waals surface area (Å²) in [6.07, 6.45) is 4.23. The molecule has 1 aromatic carbocycles. The highest BCUT2D eigenvalue weighted by molar-refractivity contribution is 5.96. The second kappa shape index (κ2) is 8.35. The first-order chi connectivity index (χ1) is 13.0. The van der Waals surface area contributed by atoms with Crippen molar-refractivity contribution in [3.8, 4) is 5.75 Å². The van der Waals surface area contributed by atoms with Crippen LogP contribution in [-0.2, 0) is 11.4 Å². The molecule has 3 aromatic rings. The summed E-state index contributed by atoms with van der Waals surface area (Å²) in [5, 5.41) is 11.4. The van der Waals surface area contributed by atoms with E-state index in [1.165, 1.54) is 0 Å². The van der Waals surface area contributed by atoms with Crippen molar-refractivity contribution in [2.45, 2.75) is 26.4 Å². The zero-order valence-electron chi connectivity index (χ0n) is 15.0. The normalized spacial score (nSPS) is 10.7. The molecule has 7 heteroatoms. The summed E-state index contributed by atoms with van der Waals surface area (Å²) in [6, 6.07) is 10.9. The minimum Gasteiger partial charge on any atom is -0.486 e. The Hall–Kier alpha value is -3.35. The van der Waals surface area contributed by atoms with E-state index in [0.29, 0.717) is 24.3 Å². The number of hydrogen-bond acceptors (Lipinski definition) is 4. The molecule has 7 nitrogen and oxygen atoms in total. The van der Waals surface area contributed by atoms with E-state index in [0.717, 1.165) is 16.9 Å². The van der Waals surface area contributed by atoms with Gasteiger partial charge in [0.2, 0.25) is 0 Å². The summed E-state index contributed by atoms with van der Waals surface area (Å²) in [7, 11) is 0. The number of ether oxygens (including phenoxy) is 1. The van der Waals surface area contributed by atoms with E-state index in [9.17, 15) is 9.59 Å². The molecule has 2 aromatic heterocycles. The Morgan fingerprint density at radius 1 is 1.22 bits per heavy atom. The molecule has 0 atom stereocenters. The number of para-hydroxylation sites is 1. The maximum Gasteiger partial charge on any atom is 0.303 e. The van der Waals surface area contributed by atoms with Crippen molar-refractivity contribution in [2.24, 2.45) is 0 Å². The molecule has 140 valence electrons. The van der Waals surface area contributed by atoms with Gasteiger partial charge in [0.1, 0.15) is 18.0 Å². The molecular weight excluding hydrogens is 346 g/mol. The highest BCUT2D eigenvalue weighted by Crippen LogP contribution is 2.20. The minimum absolute atomic E-state index is 0.0196. The molecule has 1 amide bonds. The predicted octanol–water partition coefficient (Wildman–Crippen LogP) is 2.82. The van der Waals surface area contributed by atoms with Gasteiger partial charge >= 0.3 is 5.97 Å². The van der Waals surface area contributed by atoms with Gasteiger partial charge in [0.15, 0.2) is 0 Å². The molecule has 0 saturated carbocycles. The number of pyridine rings is 1. The van der Waals surface area contributed by atoms with Crippen molar-refractivity contribution < 1.29 is 19.4 Å². The highest BCUT2D eigenvalue weighted by atomic mass is 16.5. The largest absolute Gasteiger partial charge is 0.486 e. The van der Waals surface area contributed by atoms with Gasteiger partial charge in [0, 0.05) is 25.4 Å². The molecule has 0 unspecified atom stereocenters. The maximum absolute atomic E-state index is 12.3. The molecule has 0 fully saturated rings. The third-order valence-corrected chi connectivity index (χ3v) is 4.09. The summed E-state index contributed by atoms with van der Waals surface area (Å²) >= 11 is 0. The number of imidazole rings is 1. The van der Waals surface area contributed by atoms with Gasteiger partial charge in [-0.05, 0) is 37.1 Å². The summed E-state index contributed by atoms with van der Waals surface area (Å²) in [5.41, 5.74) is 3.12. The molecule has 0 radical (unpaired) electrons. The van der Waals surface area contributed by atoms with Crippen LogP contribution >= 0.6 is 0 Å². The lowest BCUT2D eigenvalue weighted by atomic mass is 10.2. The van der Waals surface area contributed by atoms with Crippen molar-refractivity contribution in [1.29, 1.82) is 0 Å². The number of benzene rings is 1. The van der Waals surface area contributed by atoms with Gasteiger partial charge in [-0.2, -0.15) is 0 Å². The lowest BCUT2D eigenvalue weighted by molar-refractivity contribution is -0.137. The Labute approximate surface area is 156 Å². The molecule has 27 heavy (non-hydrogen) atoms. The van der Waals surface area contributed by atoms with Gasteiger partial charge in [0.05, 0.1) is 11.3 Å². The summed E-state index contributed by atoms with van der Waals surface area (Å²) in [5.74, 6) is -0.709. The smallest absolute Gasteiger partial charge is 0.303 e. The molecule has 2 heterocycles. The van der Waals surface area contributed by atoms with Crippen LogP contribution in [0.2, 0.25) is 0 Å². The average Bonchev–Trinajstić information content (AvgIpc) is 3.08. The topological polar surface area (TPSA) is 92.9 Å². The van der Waals surface area contributed by atoms with Gasteiger partial charge in [-0.1, -0.05) is 18.2 Å². The van der Waals surface area contributed by atoms with Gasteiger partial charge in [-0.3, -0.25) is 9.59 Å². The van der Waals surface area contributed by atoms with Crippen LogP contribution in [-0.4, -0.2) is 32.9 Å². The number of aliphatic carboxylic acids is 1. The third kappa shape index (κ3) is 4.63. The number of carboxylic acid groups (broad SMARTS) is 1. The second-order valence-electron chi connectivity index (χ2n) is 6.19. The second-order valence-corrected chi connectivity index (χ2v) is 6.19. The number of carbonyl (C=O) groups is 2. The van der Waals surface area contributed by atoms with Gasteiger partial charge in [-0.15, -0.1) is 0 Å². The number of amides is 1. The zero-order chi connectivity index (χ0) is 19.2. The van der Waals surface area contributed by atoms with Crippen molar-refractivity contribution >= 4 is 17.5 Å². The lowest BCUT2D eigenvalue weighted by Crippen LogP contribution is -2.25. The quantitative estimate of drug-likeness (QED) is 0.597. The Morgan fingerprint density at radius 2 is 2.04 bits per heavy atom. The first-order valence-corrected chi connectivity index (χ1v) is 8.69. The Bertz CT molecular complexity index is 965. The number of aromatic nitrogens is 2. The van der Waals surface area contributed by atoms with E-state index in [2.05, 4.69) is 10.3 Å². The van der Waals surface area contributed by atoms with Crippen molar-refractivity contribution in [2.75, 3.05) is 6.54 Å². The maximum atomic E-state index is 12.3. The standard InChI is InChI=1S/C20H21N3O4/c1-14-6-5-11-23-12-15(22-19(14)23)13-27-17-8-3-2-7-16(17)20(26)21-10-4-9-18(24)25/h2-3,5-8,11-12H,4,9-10,13H2,1H3,(H,21,26)(H,24,25). The number of nitrogens with one attached hydrogen (secondary N) is 1. The van der Waals surface area contributed by atoms with E-state index in [-0.39, 0.29) is 18.9 Å². The molecule has 0 aliphatic rings. The fourth-order valence-electron chi connectivity index (χ4n) is 2.74. The monoisotopic (exact) mass is 367 g/mol. The van der Waals surface area contributed by atoms with Gasteiger partial charge in [0.25, 0.3) is 5.91 Å². The van der Waals surface area contributed by atoms with Crippen LogP contribution in [0, 0.1) is 6.92 Å². The summed E-state index contributed by atoms with van der Waals surface area (Å²) < 4.78 is 7.77. The van der Waals surface area contributed by atoms with E-state index in [1.807, 2.05) is 35.9 Å². The van der Waals surface area contributed by atoms with E-state index < -0.39 is 5.97 Å². The van der Waals surface area contributed by atoms with Crippen LogP contribution < -0.4 is 10.1 Å². The molecule has 2 N–H and O–H groups in total. The van der Waals surface area contributed by atoms with Gasteiger partial charge < -0.3 is 19.6 Å². The molecule has 0 aliphatic carbocycles. The lowest BCUT2D eigenvalue weighted by Gasteiger charge is -2.10. The fourth-order valence-corrected chi connectivity index (χ4v) is 2.74. The predicted molar refractivity (Wildman–Crippen MR) is 99.9 cm³/mol. The van der Waals surface area contributed by atoms with E-state index in [1.54, 1.807) is 24.3 Å². The molecule has 3 rings (SSSR count). The zero-order valence-corrected chi connectivity index (χ0v) is 15.0. The number of aryl methyl sites for hydroxylation is 1. The number of hydrogen-bond donors (Lipinski definition) is 2. The van der Waals surface area contributed by atoms with Crippen molar-refractivity contribution in [3.63, 3.8) is 0 Å². The van der Waals surface area contributed by atoms with Gasteiger partial charge in [-0.25, -0.2) is 4.98 Å². The number of rotatable bonds is 8. The Kier molecular flexibility index (Phi) is 5.71. The molecular formula is C20H21N3O4. The van der Waals surface area contributed by atoms with Crippen LogP contribution in [0.15, 0.2) is 48.8 Å². The first-order valence-electron chi connectivity index (χ1n) is 8.69. The van der Waals surface area contributed by atoms with Crippen LogP contribution in [0.4, 0.5) is 0 Å². The van der Waals surface area contributed by atoms with E-state index >= 15 is 0 Å². The van der Waals surface area contributed by atoms with Crippen LogP contribution in [0.25, 0.3) is 5.65 Å². The minimum atomic E-state index is -0.879. The number of nitrogens with zero attached hydrogens (tertiary/aromatic N) is 2. The van der Waals surface area contributed by atoms with Crippen molar-refractivity contribution in [3.05, 3.63) is 65.6 Å². The number of fused-ring (bicyclic) bond motifs is 1. The molecule has 0 saturated heterocycles. The average molecular weight is 367 g/mol.